The Morgan fingerprint density at radius 1 is 1.30 bits per heavy atom. The van der Waals surface area contributed by atoms with Gasteiger partial charge in [0.05, 0.1) is 5.75 Å². The number of aromatic nitrogens is 1. The first-order valence-corrected chi connectivity index (χ1v) is 8.40. The molecular formula is C14H18N2O3S. The number of nitrogens with zero attached hydrogens (tertiary/aromatic N) is 1. The maximum atomic E-state index is 10.7. The van der Waals surface area contributed by atoms with Crippen molar-refractivity contribution in [3.8, 4) is 0 Å². The molecular weight excluding hydrogens is 276 g/mol. The third-order valence-corrected chi connectivity index (χ3v) is 4.64. The van der Waals surface area contributed by atoms with Crippen LogP contribution >= 0.6 is 0 Å². The predicted octanol–water partition coefficient (Wildman–Crippen LogP) is 1.80. The summed E-state index contributed by atoms with van der Waals surface area (Å²) >= 11 is 0. The molecule has 0 fully saturated rings. The van der Waals surface area contributed by atoms with Crippen molar-refractivity contribution in [3.05, 3.63) is 35.5 Å². The summed E-state index contributed by atoms with van der Waals surface area (Å²) in [6, 6.07) is 8.29. The molecule has 2 aromatic rings. The molecule has 1 aliphatic rings. The molecule has 1 aromatic carbocycles. The maximum absolute atomic E-state index is 10.7. The second-order valence-corrected chi connectivity index (χ2v) is 6.87. The second kappa shape index (κ2) is 5.20. The topological polar surface area (TPSA) is 73.4 Å². The molecule has 0 aliphatic carbocycles. The largest absolute Gasteiger partial charge is 0.357 e. The molecule has 0 spiro atoms. The first-order valence-electron chi connectivity index (χ1n) is 6.79. The van der Waals surface area contributed by atoms with Gasteiger partial charge < -0.3 is 4.98 Å². The zero-order valence-electron chi connectivity index (χ0n) is 11.2. The number of nitrogens with one attached hydrogen (secondary N) is 1. The normalized spacial score (nSPS) is 16.4. The van der Waals surface area contributed by atoms with E-state index in [1.807, 2.05) is 6.07 Å². The zero-order valence-corrected chi connectivity index (χ0v) is 12.0. The summed E-state index contributed by atoms with van der Waals surface area (Å²) in [5, 5.41) is 1.29. The highest BCUT2D eigenvalue weighted by Crippen LogP contribution is 2.27. The summed E-state index contributed by atoms with van der Waals surface area (Å²) in [6.45, 7) is 2.43. The van der Waals surface area contributed by atoms with E-state index in [9.17, 15) is 8.42 Å². The highest BCUT2D eigenvalue weighted by atomic mass is 32.2. The minimum Gasteiger partial charge on any atom is -0.357 e. The van der Waals surface area contributed by atoms with E-state index < -0.39 is 10.1 Å². The average Bonchev–Trinajstić information content (AvgIpc) is 2.74. The van der Waals surface area contributed by atoms with Gasteiger partial charge in [-0.25, -0.2) is 0 Å². The van der Waals surface area contributed by atoms with Crippen LogP contribution in [0, 0.1) is 0 Å². The molecule has 20 heavy (non-hydrogen) atoms. The van der Waals surface area contributed by atoms with Crippen LogP contribution in [0.25, 0.3) is 10.9 Å². The van der Waals surface area contributed by atoms with Crippen LogP contribution in [0.4, 0.5) is 0 Å². The molecule has 0 saturated heterocycles. The van der Waals surface area contributed by atoms with E-state index in [-0.39, 0.29) is 5.75 Å². The van der Waals surface area contributed by atoms with Crippen molar-refractivity contribution in [1.29, 1.82) is 0 Å². The fourth-order valence-electron chi connectivity index (χ4n) is 2.91. The lowest BCUT2D eigenvalue weighted by Crippen LogP contribution is -2.32. The number of hydrogen-bond acceptors (Lipinski definition) is 3. The lowest BCUT2D eigenvalue weighted by molar-refractivity contribution is 0.252. The fourth-order valence-corrected chi connectivity index (χ4v) is 3.40. The van der Waals surface area contributed by atoms with Gasteiger partial charge in [-0.2, -0.15) is 8.42 Å². The molecule has 0 amide bonds. The molecule has 0 saturated carbocycles. The predicted molar refractivity (Wildman–Crippen MR) is 78.3 cm³/mol. The third-order valence-electron chi connectivity index (χ3n) is 3.84. The Labute approximate surface area is 118 Å². The van der Waals surface area contributed by atoms with Crippen LogP contribution < -0.4 is 0 Å². The van der Waals surface area contributed by atoms with Gasteiger partial charge in [-0.15, -0.1) is 0 Å². The number of benzene rings is 1. The Morgan fingerprint density at radius 2 is 2.10 bits per heavy atom. The van der Waals surface area contributed by atoms with Crippen LogP contribution in [0.2, 0.25) is 0 Å². The number of para-hydroxylation sites is 1. The molecule has 0 bridgehead atoms. The molecule has 0 unspecified atom stereocenters. The van der Waals surface area contributed by atoms with Crippen molar-refractivity contribution < 1.29 is 13.0 Å². The van der Waals surface area contributed by atoms with Crippen molar-refractivity contribution in [2.75, 3.05) is 18.8 Å². The summed E-state index contributed by atoms with van der Waals surface area (Å²) in [7, 11) is -3.84. The van der Waals surface area contributed by atoms with Crippen LogP contribution in [-0.4, -0.2) is 41.7 Å². The van der Waals surface area contributed by atoms with Gasteiger partial charge in [0.1, 0.15) is 0 Å². The second-order valence-electron chi connectivity index (χ2n) is 5.29. The van der Waals surface area contributed by atoms with Crippen molar-refractivity contribution in [1.82, 2.24) is 9.88 Å². The lowest BCUT2D eigenvalue weighted by atomic mass is 10.0. The highest BCUT2D eigenvalue weighted by molar-refractivity contribution is 7.85. The summed E-state index contributed by atoms with van der Waals surface area (Å²) in [5.74, 6) is -0.164. The van der Waals surface area contributed by atoms with Gasteiger partial charge in [0.25, 0.3) is 10.1 Å². The Kier molecular flexibility index (Phi) is 3.54. The average molecular weight is 294 g/mol. The van der Waals surface area contributed by atoms with Crippen LogP contribution in [0.1, 0.15) is 17.7 Å². The van der Waals surface area contributed by atoms with Gasteiger partial charge >= 0.3 is 0 Å². The number of hydrogen-bond donors (Lipinski definition) is 2. The van der Waals surface area contributed by atoms with Crippen molar-refractivity contribution in [2.45, 2.75) is 19.4 Å². The Bertz CT molecular complexity index is 721. The number of fused-ring (bicyclic) bond motifs is 3. The van der Waals surface area contributed by atoms with E-state index >= 15 is 0 Å². The molecule has 1 aromatic heterocycles. The number of rotatable bonds is 4. The molecule has 108 valence electrons. The quantitative estimate of drug-likeness (QED) is 0.843. The van der Waals surface area contributed by atoms with Gasteiger partial charge in [-0.1, -0.05) is 18.2 Å². The maximum Gasteiger partial charge on any atom is 0.264 e. The summed E-state index contributed by atoms with van der Waals surface area (Å²) in [4.78, 5) is 5.67. The van der Waals surface area contributed by atoms with E-state index in [1.165, 1.54) is 16.6 Å². The molecule has 0 atom stereocenters. The molecule has 2 heterocycles. The summed E-state index contributed by atoms with van der Waals surface area (Å²) in [6.07, 6.45) is 1.44. The van der Waals surface area contributed by atoms with Gasteiger partial charge in [-0.05, 0) is 31.0 Å². The van der Waals surface area contributed by atoms with Crippen molar-refractivity contribution in [3.63, 3.8) is 0 Å². The van der Waals surface area contributed by atoms with Gasteiger partial charge in [0.2, 0.25) is 0 Å². The molecule has 5 nitrogen and oxygen atoms in total. The standard InChI is InChI=1S/C14H18N2O3S/c17-20(18,19)9-3-7-16-8-6-12-11-4-1-2-5-13(11)15-14(12)10-16/h1-2,4-5,15H,3,6-10H2,(H,17,18,19). The van der Waals surface area contributed by atoms with Crippen LogP contribution in [0.15, 0.2) is 24.3 Å². The van der Waals surface area contributed by atoms with E-state index in [4.69, 9.17) is 4.55 Å². The minimum atomic E-state index is -3.84. The minimum absolute atomic E-state index is 0.164. The first-order chi connectivity index (χ1) is 9.53. The lowest BCUT2D eigenvalue weighted by Gasteiger charge is -2.26. The van der Waals surface area contributed by atoms with Gasteiger partial charge in [0.15, 0.2) is 0 Å². The first kappa shape index (κ1) is 13.6. The van der Waals surface area contributed by atoms with E-state index in [2.05, 4.69) is 28.1 Å². The highest BCUT2D eigenvalue weighted by Gasteiger charge is 2.20. The molecule has 3 rings (SSSR count). The Hall–Kier alpha value is -1.37. The molecule has 6 heteroatoms. The number of aromatic amines is 1. The fraction of sp³-hybridized carbons (Fsp3) is 0.429. The van der Waals surface area contributed by atoms with Crippen LogP contribution in [-0.2, 0) is 23.1 Å². The zero-order chi connectivity index (χ0) is 14.2. The van der Waals surface area contributed by atoms with Crippen LogP contribution in [0.5, 0.6) is 0 Å². The van der Waals surface area contributed by atoms with E-state index in [1.54, 1.807) is 0 Å². The summed E-state index contributed by atoms with van der Waals surface area (Å²) in [5.41, 5.74) is 3.77. The van der Waals surface area contributed by atoms with Gasteiger partial charge in [0, 0.05) is 29.7 Å². The Balaban J connectivity index is 1.69. The Morgan fingerprint density at radius 3 is 2.90 bits per heavy atom. The van der Waals surface area contributed by atoms with Gasteiger partial charge in [-0.3, -0.25) is 9.45 Å². The molecule has 2 N–H and O–H groups in total. The monoisotopic (exact) mass is 294 g/mol. The van der Waals surface area contributed by atoms with Crippen molar-refractivity contribution in [2.24, 2.45) is 0 Å². The molecule has 0 radical (unpaired) electrons. The van der Waals surface area contributed by atoms with E-state index in [0.717, 1.165) is 25.0 Å². The van der Waals surface area contributed by atoms with Crippen molar-refractivity contribution >= 4 is 21.0 Å². The number of H-pyrrole nitrogens is 1. The SMILES string of the molecule is O=S(=O)(O)CCCN1CCc2c([nH]c3ccccc23)C1. The van der Waals surface area contributed by atoms with E-state index in [0.29, 0.717) is 13.0 Å². The summed E-state index contributed by atoms with van der Waals surface area (Å²) < 4.78 is 30.2. The molecule has 1 aliphatic heterocycles. The van der Waals surface area contributed by atoms with Crippen LogP contribution in [0.3, 0.4) is 0 Å². The smallest absolute Gasteiger partial charge is 0.264 e. The third kappa shape index (κ3) is 2.87.